The average molecular weight is 448 g/mol. The molecule has 4 aromatic rings. The predicted molar refractivity (Wildman–Crippen MR) is 130 cm³/mol. The zero-order chi connectivity index (χ0) is 21.6. The molecule has 1 aromatic heterocycles. The Labute approximate surface area is 190 Å². The molecule has 31 heavy (non-hydrogen) atoms. The zero-order valence-electron chi connectivity index (χ0n) is 16.9. The number of ether oxygens (including phenoxy) is 1. The summed E-state index contributed by atoms with van der Waals surface area (Å²) in [7, 11) is 0. The Bertz CT molecular complexity index is 1170. The van der Waals surface area contributed by atoms with Crippen LogP contribution in [-0.2, 0) is 6.42 Å². The number of nitrogens with one attached hydrogen (secondary N) is 2. The Morgan fingerprint density at radius 3 is 2.48 bits per heavy atom. The minimum absolute atomic E-state index is 0.248. The standard InChI is InChI=1S/C24H21N3O2S2/c1-2-29-19-13-9-17(10-14-19)23(28)27-24(30)25-18-11-7-16(8-12-18)15-22-26-20-5-3-4-6-21(20)31-22/h3-14H,2,15H2,1H3,(H2,25,27,28,30). The van der Waals surface area contributed by atoms with Gasteiger partial charge in [-0.05, 0) is 73.2 Å². The lowest BCUT2D eigenvalue weighted by Gasteiger charge is -2.10. The van der Waals surface area contributed by atoms with Crippen molar-refractivity contribution in [2.45, 2.75) is 13.3 Å². The summed E-state index contributed by atoms with van der Waals surface area (Å²) in [6.45, 7) is 2.50. The van der Waals surface area contributed by atoms with E-state index in [9.17, 15) is 4.79 Å². The normalized spacial score (nSPS) is 10.6. The van der Waals surface area contributed by atoms with E-state index in [1.165, 1.54) is 4.70 Å². The van der Waals surface area contributed by atoms with Crippen molar-refractivity contribution in [1.82, 2.24) is 10.3 Å². The predicted octanol–water partition coefficient (Wildman–Crippen LogP) is 5.41. The van der Waals surface area contributed by atoms with Crippen LogP contribution >= 0.6 is 23.6 Å². The Kier molecular flexibility index (Phi) is 6.54. The van der Waals surface area contributed by atoms with Gasteiger partial charge in [0, 0.05) is 17.7 Å². The van der Waals surface area contributed by atoms with Crippen molar-refractivity contribution in [3.05, 3.63) is 88.9 Å². The minimum atomic E-state index is -0.270. The van der Waals surface area contributed by atoms with Crippen LogP contribution in [-0.4, -0.2) is 22.6 Å². The molecule has 0 saturated carbocycles. The minimum Gasteiger partial charge on any atom is -0.494 e. The van der Waals surface area contributed by atoms with Crippen LogP contribution in [0.25, 0.3) is 10.2 Å². The van der Waals surface area contributed by atoms with Gasteiger partial charge in [-0.1, -0.05) is 24.3 Å². The smallest absolute Gasteiger partial charge is 0.257 e. The fraction of sp³-hybridized carbons (Fsp3) is 0.125. The molecule has 0 fully saturated rings. The highest BCUT2D eigenvalue weighted by Gasteiger charge is 2.09. The topological polar surface area (TPSA) is 63.2 Å². The number of fused-ring (bicyclic) bond motifs is 1. The van der Waals surface area contributed by atoms with Gasteiger partial charge < -0.3 is 10.1 Å². The molecule has 0 unspecified atom stereocenters. The molecule has 5 nitrogen and oxygen atoms in total. The number of carbonyl (C=O) groups excluding carboxylic acids is 1. The van der Waals surface area contributed by atoms with Crippen molar-refractivity contribution in [3.8, 4) is 5.75 Å². The number of hydrogen-bond donors (Lipinski definition) is 2. The number of anilines is 1. The number of benzene rings is 3. The van der Waals surface area contributed by atoms with E-state index in [-0.39, 0.29) is 11.0 Å². The molecule has 2 N–H and O–H groups in total. The maximum atomic E-state index is 12.4. The first kappa shape index (κ1) is 21.0. The molecule has 4 rings (SSSR count). The highest BCUT2D eigenvalue weighted by Crippen LogP contribution is 2.24. The van der Waals surface area contributed by atoms with Crippen LogP contribution in [0.2, 0.25) is 0 Å². The van der Waals surface area contributed by atoms with Gasteiger partial charge in [-0.2, -0.15) is 0 Å². The van der Waals surface area contributed by atoms with Gasteiger partial charge in [0.2, 0.25) is 0 Å². The number of aromatic nitrogens is 1. The van der Waals surface area contributed by atoms with Crippen LogP contribution < -0.4 is 15.4 Å². The van der Waals surface area contributed by atoms with Crippen molar-refractivity contribution in [3.63, 3.8) is 0 Å². The number of carbonyl (C=O) groups is 1. The Morgan fingerprint density at radius 1 is 1.03 bits per heavy atom. The second-order valence-corrected chi connectivity index (χ2v) is 8.34. The lowest BCUT2D eigenvalue weighted by atomic mass is 10.1. The van der Waals surface area contributed by atoms with Gasteiger partial charge in [0.15, 0.2) is 5.11 Å². The van der Waals surface area contributed by atoms with Gasteiger partial charge in [0.25, 0.3) is 5.91 Å². The van der Waals surface area contributed by atoms with E-state index < -0.39 is 0 Å². The van der Waals surface area contributed by atoms with E-state index in [4.69, 9.17) is 17.0 Å². The quantitative estimate of drug-likeness (QED) is 0.387. The highest BCUT2D eigenvalue weighted by atomic mass is 32.1. The van der Waals surface area contributed by atoms with Gasteiger partial charge in [-0.25, -0.2) is 4.98 Å². The SMILES string of the molecule is CCOc1ccc(C(=O)NC(=S)Nc2ccc(Cc3nc4ccccc4s3)cc2)cc1. The lowest BCUT2D eigenvalue weighted by Crippen LogP contribution is -2.34. The van der Waals surface area contributed by atoms with Crippen LogP contribution in [0.4, 0.5) is 5.69 Å². The van der Waals surface area contributed by atoms with Crippen molar-refractivity contribution in [2.24, 2.45) is 0 Å². The van der Waals surface area contributed by atoms with Crippen molar-refractivity contribution in [2.75, 3.05) is 11.9 Å². The summed E-state index contributed by atoms with van der Waals surface area (Å²) in [5.74, 6) is 0.457. The molecule has 1 heterocycles. The van der Waals surface area contributed by atoms with E-state index in [0.717, 1.165) is 33.9 Å². The number of thiazole rings is 1. The second kappa shape index (κ2) is 9.68. The van der Waals surface area contributed by atoms with Crippen LogP contribution in [0.1, 0.15) is 27.9 Å². The summed E-state index contributed by atoms with van der Waals surface area (Å²) < 4.78 is 6.59. The van der Waals surface area contributed by atoms with Crippen LogP contribution in [0.15, 0.2) is 72.8 Å². The van der Waals surface area contributed by atoms with Crippen LogP contribution in [0, 0.1) is 0 Å². The maximum absolute atomic E-state index is 12.4. The number of amides is 1. The van der Waals surface area contributed by atoms with Gasteiger partial charge >= 0.3 is 0 Å². The summed E-state index contributed by atoms with van der Waals surface area (Å²) in [5.41, 5.74) is 3.52. The molecule has 0 atom stereocenters. The summed E-state index contributed by atoms with van der Waals surface area (Å²) in [4.78, 5) is 17.0. The third-order valence-electron chi connectivity index (χ3n) is 4.56. The Balaban J connectivity index is 1.32. The highest BCUT2D eigenvalue weighted by molar-refractivity contribution is 7.80. The third-order valence-corrected chi connectivity index (χ3v) is 5.80. The molecule has 1 amide bonds. The third kappa shape index (κ3) is 5.45. The molecule has 0 aliphatic heterocycles. The Morgan fingerprint density at radius 2 is 1.77 bits per heavy atom. The number of para-hydroxylation sites is 1. The van der Waals surface area contributed by atoms with Gasteiger partial charge in [-0.15, -0.1) is 11.3 Å². The van der Waals surface area contributed by atoms with Crippen LogP contribution in [0.3, 0.4) is 0 Å². The largest absolute Gasteiger partial charge is 0.494 e. The second-order valence-electron chi connectivity index (χ2n) is 6.81. The average Bonchev–Trinajstić information content (AvgIpc) is 3.18. The van der Waals surface area contributed by atoms with E-state index in [0.29, 0.717) is 12.2 Å². The molecule has 0 spiro atoms. The van der Waals surface area contributed by atoms with E-state index in [1.807, 2.05) is 49.4 Å². The lowest BCUT2D eigenvalue weighted by molar-refractivity contribution is 0.0977. The number of thiocarbonyl (C=S) groups is 1. The van der Waals surface area contributed by atoms with Gasteiger partial charge in [0.05, 0.1) is 21.8 Å². The number of hydrogen-bond acceptors (Lipinski definition) is 5. The van der Waals surface area contributed by atoms with E-state index in [2.05, 4.69) is 21.7 Å². The number of nitrogens with zero attached hydrogens (tertiary/aromatic N) is 1. The van der Waals surface area contributed by atoms with Crippen molar-refractivity contribution >= 4 is 50.5 Å². The first-order valence-electron chi connectivity index (χ1n) is 9.89. The van der Waals surface area contributed by atoms with Crippen LogP contribution in [0.5, 0.6) is 5.75 Å². The molecule has 0 aliphatic carbocycles. The molecule has 0 radical (unpaired) electrons. The Hall–Kier alpha value is -3.29. The summed E-state index contributed by atoms with van der Waals surface area (Å²) in [6.07, 6.45) is 0.776. The molecule has 0 aliphatic rings. The maximum Gasteiger partial charge on any atom is 0.257 e. The fourth-order valence-corrected chi connectivity index (χ4v) is 4.30. The molecular formula is C24H21N3O2S2. The molecule has 7 heteroatoms. The first-order valence-corrected chi connectivity index (χ1v) is 11.1. The van der Waals surface area contributed by atoms with Crippen molar-refractivity contribution < 1.29 is 9.53 Å². The summed E-state index contributed by atoms with van der Waals surface area (Å²) in [5, 5.41) is 7.08. The molecule has 0 saturated heterocycles. The zero-order valence-corrected chi connectivity index (χ0v) is 18.6. The summed E-state index contributed by atoms with van der Waals surface area (Å²) >= 11 is 6.99. The summed E-state index contributed by atoms with van der Waals surface area (Å²) in [6, 6.07) is 23.0. The monoisotopic (exact) mass is 447 g/mol. The molecule has 0 bridgehead atoms. The molecular weight excluding hydrogens is 426 g/mol. The first-order chi connectivity index (χ1) is 15.1. The molecule has 3 aromatic carbocycles. The van der Waals surface area contributed by atoms with Crippen molar-refractivity contribution in [1.29, 1.82) is 0 Å². The van der Waals surface area contributed by atoms with Gasteiger partial charge in [0.1, 0.15) is 5.75 Å². The fourth-order valence-electron chi connectivity index (χ4n) is 3.08. The number of rotatable bonds is 6. The molecule has 156 valence electrons. The van der Waals surface area contributed by atoms with E-state index >= 15 is 0 Å². The van der Waals surface area contributed by atoms with E-state index in [1.54, 1.807) is 35.6 Å². The van der Waals surface area contributed by atoms with Gasteiger partial charge in [-0.3, -0.25) is 10.1 Å².